The van der Waals surface area contributed by atoms with Crippen molar-refractivity contribution in [3.05, 3.63) is 121 Å². The number of thiophene rings is 1. The third kappa shape index (κ3) is 4.95. The Balaban J connectivity index is 0.00000348. The van der Waals surface area contributed by atoms with Crippen molar-refractivity contribution in [1.29, 1.82) is 0 Å². The Labute approximate surface area is 304 Å². The van der Waals surface area contributed by atoms with Crippen LogP contribution in [0.5, 0.6) is 5.75 Å². The van der Waals surface area contributed by atoms with E-state index in [9.17, 15) is 5.11 Å². The van der Waals surface area contributed by atoms with Gasteiger partial charge in [0.15, 0.2) is 0 Å². The van der Waals surface area contributed by atoms with Gasteiger partial charge >= 0.3 is 0 Å². The van der Waals surface area contributed by atoms with Crippen LogP contribution in [0.1, 0.15) is 25.2 Å². The van der Waals surface area contributed by atoms with E-state index in [-0.39, 0.29) is 26.8 Å². The second-order valence-electron chi connectivity index (χ2n) is 14.3. The zero-order valence-electron chi connectivity index (χ0n) is 27.8. The summed E-state index contributed by atoms with van der Waals surface area (Å²) >= 11 is 1.60. The number of furan rings is 1. The van der Waals surface area contributed by atoms with E-state index in [0.717, 1.165) is 75.5 Å². The minimum absolute atomic E-state index is 0. The SMILES string of the molecule is CC(C)(c1nc(-c2[c-]cc([Si](C)(C)C)cc2)cc2ccccc12)c1nc(-c2cc3oc4cccc5sc(c2O)c3c45)cc2ccccc12.[Pt]. The van der Waals surface area contributed by atoms with Crippen molar-refractivity contribution in [1.82, 2.24) is 9.97 Å². The number of fused-ring (bicyclic) bond motifs is 2. The summed E-state index contributed by atoms with van der Waals surface area (Å²) in [5.74, 6) is 0.237. The van der Waals surface area contributed by atoms with Crippen LogP contribution in [0, 0.1) is 6.07 Å². The summed E-state index contributed by atoms with van der Waals surface area (Å²) < 4.78 is 8.24. The summed E-state index contributed by atoms with van der Waals surface area (Å²) in [5.41, 5.74) is 6.08. The van der Waals surface area contributed by atoms with Crippen LogP contribution in [0.2, 0.25) is 19.6 Å². The van der Waals surface area contributed by atoms with E-state index >= 15 is 0 Å². The number of aromatic nitrogens is 2. The number of phenolic OH excluding ortho intramolecular Hbond substituents is 1. The molecular weight excluding hydrogens is 820 g/mol. The monoisotopic (exact) mass is 852 g/mol. The standard InChI is InChI=1S/C42H33N2O2SSi.Pt/c1-42(2,40-28-13-8-6-11-25(28)21-31(43-40)24-17-19-27(20-18-24)48(3,4)5)41-29-14-9-7-12-26(29)22-32(44-41)30-23-34-37-36-33(46-34)15-10-16-35(36)47-39(37)38(30)45;/h6-17,19-23,45H,1-5H3;/q-1;. The third-order valence-corrected chi connectivity index (χ3v) is 13.0. The van der Waals surface area contributed by atoms with Crippen LogP contribution in [-0.2, 0) is 26.5 Å². The van der Waals surface area contributed by atoms with Crippen LogP contribution in [0.4, 0.5) is 0 Å². The average molecular weight is 853 g/mol. The molecule has 0 amide bonds. The van der Waals surface area contributed by atoms with Gasteiger partial charge in [0.05, 0.1) is 21.5 Å². The van der Waals surface area contributed by atoms with Crippen molar-refractivity contribution in [2.24, 2.45) is 0 Å². The van der Waals surface area contributed by atoms with Crippen LogP contribution in [0.25, 0.3) is 75.4 Å². The molecule has 1 N–H and O–H groups in total. The Hall–Kier alpha value is -4.35. The van der Waals surface area contributed by atoms with Gasteiger partial charge in [0.2, 0.25) is 0 Å². The van der Waals surface area contributed by atoms with Crippen molar-refractivity contribution < 1.29 is 30.6 Å². The molecule has 7 heteroatoms. The average Bonchev–Trinajstić information content (AvgIpc) is 3.68. The number of pyridine rings is 2. The summed E-state index contributed by atoms with van der Waals surface area (Å²) in [6, 6.07) is 39.2. The summed E-state index contributed by atoms with van der Waals surface area (Å²) in [4.78, 5) is 10.8. The summed E-state index contributed by atoms with van der Waals surface area (Å²) in [6.45, 7) is 11.5. The fourth-order valence-corrected chi connectivity index (χ4v) is 9.45. The van der Waals surface area contributed by atoms with E-state index in [4.69, 9.17) is 14.4 Å². The van der Waals surface area contributed by atoms with E-state index in [1.54, 1.807) is 11.3 Å². The Bertz CT molecular complexity index is 2700. The molecule has 0 radical (unpaired) electrons. The molecular formula is C42H33N2O2PtSSi-. The number of aromatic hydroxyl groups is 1. The quantitative estimate of drug-likeness (QED) is 0.138. The number of phenols is 1. The molecule has 244 valence electrons. The van der Waals surface area contributed by atoms with Gasteiger partial charge in [-0.05, 0) is 54.6 Å². The molecule has 0 atom stereocenters. The van der Waals surface area contributed by atoms with Crippen LogP contribution >= 0.6 is 11.3 Å². The molecule has 0 aliphatic rings. The smallest absolute Gasteiger partial charge is 0.143 e. The van der Waals surface area contributed by atoms with Crippen molar-refractivity contribution in [3.63, 3.8) is 0 Å². The molecule has 0 spiro atoms. The molecule has 4 heterocycles. The third-order valence-electron chi connectivity index (χ3n) is 9.78. The van der Waals surface area contributed by atoms with Gasteiger partial charge in [0.1, 0.15) is 16.9 Å². The molecule has 9 rings (SSSR count). The van der Waals surface area contributed by atoms with E-state index in [1.165, 1.54) is 5.19 Å². The Morgan fingerprint density at radius 3 is 2.04 bits per heavy atom. The first-order valence-electron chi connectivity index (χ1n) is 16.3. The first-order chi connectivity index (χ1) is 23.1. The molecule has 0 aliphatic heterocycles. The maximum absolute atomic E-state index is 11.8. The summed E-state index contributed by atoms with van der Waals surface area (Å²) in [7, 11) is -1.46. The number of rotatable bonds is 5. The van der Waals surface area contributed by atoms with Crippen molar-refractivity contribution in [2.45, 2.75) is 38.9 Å². The first kappa shape index (κ1) is 31.9. The molecule has 0 aliphatic carbocycles. The fourth-order valence-electron chi connectivity index (χ4n) is 7.18. The van der Waals surface area contributed by atoms with Gasteiger partial charge in [0, 0.05) is 66.7 Å². The molecule has 5 aromatic carbocycles. The molecule has 49 heavy (non-hydrogen) atoms. The second kappa shape index (κ2) is 11.3. The second-order valence-corrected chi connectivity index (χ2v) is 20.5. The van der Waals surface area contributed by atoms with Crippen molar-refractivity contribution in [2.75, 3.05) is 0 Å². The number of benzene rings is 5. The summed E-state index contributed by atoms with van der Waals surface area (Å²) in [6.07, 6.45) is 0. The van der Waals surface area contributed by atoms with Gasteiger partial charge in [-0.2, -0.15) is 0 Å². The van der Waals surface area contributed by atoms with Gasteiger partial charge in [-0.15, -0.1) is 46.4 Å². The maximum Gasteiger partial charge on any atom is 0.143 e. The topological polar surface area (TPSA) is 59.2 Å². The minimum Gasteiger partial charge on any atom is -0.506 e. The molecule has 9 aromatic rings. The molecule has 0 unspecified atom stereocenters. The van der Waals surface area contributed by atoms with E-state index < -0.39 is 13.5 Å². The molecule has 0 saturated carbocycles. The zero-order valence-corrected chi connectivity index (χ0v) is 31.9. The predicted octanol–water partition coefficient (Wildman–Crippen LogP) is 11.0. The largest absolute Gasteiger partial charge is 0.506 e. The molecule has 4 nitrogen and oxygen atoms in total. The van der Waals surface area contributed by atoms with Crippen molar-refractivity contribution >= 4 is 77.5 Å². The van der Waals surface area contributed by atoms with Crippen LogP contribution in [0.3, 0.4) is 0 Å². The van der Waals surface area contributed by atoms with E-state index in [1.807, 2.05) is 18.2 Å². The first-order valence-corrected chi connectivity index (χ1v) is 20.6. The molecule has 0 bridgehead atoms. The van der Waals surface area contributed by atoms with Crippen molar-refractivity contribution in [3.8, 4) is 28.3 Å². The Morgan fingerprint density at radius 1 is 0.735 bits per heavy atom. The Kier molecular flexibility index (Phi) is 7.38. The van der Waals surface area contributed by atoms with Crippen LogP contribution < -0.4 is 5.19 Å². The number of hydrogen-bond acceptors (Lipinski definition) is 5. The van der Waals surface area contributed by atoms with Gasteiger partial charge in [0.25, 0.3) is 0 Å². The van der Waals surface area contributed by atoms with Crippen LogP contribution in [-0.4, -0.2) is 23.1 Å². The molecule has 4 aromatic heterocycles. The normalized spacial score (nSPS) is 12.5. The number of hydrogen-bond donors (Lipinski definition) is 1. The molecule has 0 fully saturated rings. The number of nitrogens with zero attached hydrogens (tertiary/aromatic N) is 2. The Morgan fingerprint density at radius 2 is 1.39 bits per heavy atom. The minimum atomic E-state index is -1.46. The summed E-state index contributed by atoms with van der Waals surface area (Å²) in [5, 5.41) is 19.6. The van der Waals surface area contributed by atoms with Gasteiger partial charge in [-0.25, -0.2) is 0 Å². The van der Waals surface area contributed by atoms with Gasteiger partial charge in [-0.1, -0.05) is 80.3 Å². The predicted molar refractivity (Wildman–Crippen MR) is 204 cm³/mol. The molecule has 0 saturated heterocycles. The fraction of sp³-hybridized carbons (Fsp3) is 0.143. The van der Waals surface area contributed by atoms with E-state index in [2.05, 4.69) is 124 Å². The zero-order chi connectivity index (χ0) is 32.9. The van der Waals surface area contributed by atoms with E-state index in [0.29, 0.717) is 11.3 Å². The maximum atomic E-state index is 11.8. The van der Waals surface area contributed by atoms with Crippen LogP contribution in [0.15, 0.2) is 108 Å². The van der Waals surface area contributed by atoms with Gasteiger partial charge in [-0.3, -0.25) is 9.97 Å². The van der Waals surface area contributed by atoms with Gasteiger partial charge < -0.3 is 9.52 Å².